The molecule has 20 heavy (non-hydrogen) atoms. The minimum Gasteiger partial charge on any atom is -0.383 e. The van der Waals surface area contributed by atoms with Gasteiger partial charge in [0.1, 0.15) is 0 Å². The van der Waals surface area contributed by atoms with Gasteiger partial charge in [0.05, 0.1) is 17.9 Å². The van der Waals surface area contributed by atoms with Gasteiger partial charge in [-0.25, -0.2) is 0 Å². The summed E-state index contributed by atoms with van der Waals surface area (Å²) in [5.41, 5.74) is 0.642. The van der Waals surface area contributed by atoms with Crippen LogP contribution in [0.4, 0.5) is 18.9 Å². The average molecular weight is 291 g/mol. The zero-order valence-electron chi connectivity index (χ0n) is 11.1. The summed E-state index contributed by atoms with van der Waals surface area (Å²) in [7, 11) is 2.96. The highest BCUT2D eigenvalue weighted by Crippen LogP contribution is 2.35. The normalized spacial score (nSPS) is 11.3. The lowest BCUT2D eigenvalue weighted by Gasteiger charge is -2.18. The minimum absolute atomic E-state index is 0.0603. The van der Waals surface area contributed by atoms with Gasteiger partial charge >= 0.3 is 6.18 Å². The van der Waals surface area contributed by atoms with Crippen LogP contribution in [0.15, 0.2) is 18.2 Å². The predicted octanol–water partition coefficient (Wildman–Crippen LogP) is 1.71. The summed E-state index contributed by atoms with van der Waals surface area (Å²) in [6.45, 7) is 0.588. The van der Waals surface area contributed by atoms with Gasteiger partial charge in [0.15, 0.2) is 0 Å². The molecule has 0 saturated carbocycles. The molecule has 112 valence electrons. The fourth-order valence-corrected chi connectivity index (χ4v) is 1.59. The summed E-state index contributed by atoms with van der Waals surface area (Å²) < 4.78 is 43.3. The zero-order chi connectivity index (χ0) is 15.3. The van der Waals surface area contributed by atoms with Crippen LogP contribution in [-0.2, 0) is 10.9 Å². The van der Waals surface area contributed by atoms with E-state index in [-0.39, 0.29) is 17.8 Å². The number of rotatable bonds is 5. The molecule has 1 aromatic rings. The van der Waals surface area contributed by atoms with Crippen molar-refractivity contribution in [2.24, 2.45) is 5.84 Å². The standard InChI is InChI=1S/C12H16F3N3O2/c1-18(5-6-20-2)11(19)8-3-4-10(17-16)9(7-8)12(13,14)15/h3-4,7,17H,5-6,16H2,1-2H3. The molecule has 0 fully saturated rings. The summed E-state index contributed by atoms with van der Waals surface area (Å²) in [5, 5.41) is 0. The molecule has 0 aliphatic rings. The van der Waals surface area contributed by atoms with E-state index < -0.39 is 17.6 Å². The second kappa shape index (κ2) is 6.58. The smallest absolute Gasteiger partial charge is 0.383 e. The van der Waals surface area contributed by atoms with Crippen LogP contribution in [0.25, 0.3) is 0 Å². The largest absolute Gasteiger partial charge is 0.418 e. The van der Waals surface area contributed by atoms with Crippen molar-refractivity contribution < 1.29 is 22.7 Å². The number of hydrazine groups is 1. The lowest BCUT2D eigenvalue weighted by atomic mass is 10.1. The van der Waals surface area contributed by atoms with Crippen LogP contribution < -0.4 is 11.3 Å². The lowest BCUT2D eigenvalue weighted by molar-refractivity contribution is -0.137. The average Bonchev–Trinajstić information content (AvgIpc) is 2.42. The van der Waals surface area contributed by atoms with Crippen molar-refractivity contribution in [3.8, 4) is 0 Å². The predicted molar refractivity (Wildman–Crippen MR) is 68.1 cm³/mol. The molecule has 0 heterocycles. The molecule has 0 atom stereocenters. The fraction of sp³-hybridized carbons (Fsp3) is 0.417. The van der Waals surface area contributed by atoms with Gasteiger partial charge in [-0.3, -0.25) is 10.6 Å². The highest BCUT2D eigenvalue weighted by molar-refractivity contribution is 5.94. The second-order valence-electron chi connectivity index (χ2n) is 4.12. The van der Waals surface area contributed by atoms with Gasteiger partial charge in [-0.15, -0.1) is 0 Å². The number of halogens is 3. The number of anilines is 1. The molecular formula is C12H16F3N3O2. The number of carbonyl (C=O) groups is 1. The Labute approximate surface area is 114 Å². The van der Waals surface area contributed by atoms with Crippen LogP contribution in [0, 0.1) is 0 Å². The summed E-state index contributed by atoms with van der Waals surface area (Å²) in [6, 6.07) is 3.19. The third-order valence-corrected chi connectivity index (χ3v) is 2.70. The van der Waals surface area contributed by atoms with Crippen molar-refractivity contribution in [2.45, 2.75) is 6.18 Å². The zero-order valence-corrected chi connectivity index (χ0v) is 11.1. The summed E-state index contributed by atoms with van der Waals surface area (Å²) >= 11 is 0. The number of hydrogen-bond donors (Lipinski definition) is 2. The molecule has 0 bridgehead atoms. The van der Waals surface area contributed by atoms with Gasteiger partial charge in [-0.05, 0) is 18.2 Å². The van der Waals surface area contributed by atoms with E-state index in [9.17, 15) is 18.0 Å². The van der Waals surface area contributed by atoms with Crippen LogP contribution in [0.2, 0.25) is 0 Å². The minimum atomic E-state index is -4.59. The Morgan fingerprint density at radius 1 is 1.45 bits per heavy atom. The van der Waals surface area contributed by atoms with Gasteiger partial charge in [0.25, 0.3) is 5.91 Å². The van der Waals surface area contributed by atoms with Crippen LogP contribution in [0.5, 0.6) is 0 Å². The van der Waals surface area contributed by atoms with Crippen LogP contribution in [0.1, 0.15) is 15.9 Å². The molecule has 0 aliphatic carbocycles. The van der Waals surface area contributed by atoms with E-state index in [2.05, 4.69) is 0 Å². The number of amides is 1. The maximum absolute atomic E-state index is 12.8. The molecule has 1 aromatic carbocycles. The molecule has 0 spiro atoms. The molecule has 0 unspecified atom stereocenters. The number of nitrogens with two attached hydrogens (primary N) is 1. The topological polar surface area (TPSA) is 67.6 Å². The molecular weight excluding hydrogens is 275 g/mol. The van der Waals surface area contributed by atoms with Crippen molar-refractivity contribution in [1.82, 2.24) is 4.90 Å². The van der Waals surface area contributed by atoms with Crippen molar-refractivity contribution in [3.05, 3.63) is 29.3 Å². The number of nitrogens with zero attached hydrogens (tertiary/aromatic N) is 1. The number of hydrogen-bond acceptors (Lipinski definition) is 4. The molecule has 0 saturated heterocycles. The number of alkyl halides is 3. The van der Waals surface area contributed by atoms with E-state index in [0.717, 1.165) is 12.1 Å². The molecule has 0 radical (unpaired) electrons. The maximum atomic E-state index is 12.8. The number of carbonyl (C=O) groups excluding carboxylic acids is 1. The Morgan fingerprint density at radius 2 is 2.10 bits per heavy atom. The summed E-state index contributed by atoms with van der Waals surface area (Å²) in [4.78, 5) is 13.3. The van der Waals surface area contributed by atoms with E-state index in [1.807, 2.05) is 5.43 Å². The Bertz CT molecular complexity index is 478. The Balaban J connectivity index is 3.05. The van der Waals surface area contributed by atoms with Crippen LogP contribution in [0.3, 0.4) is 0 Å². The summed E-state index contributed by atoms with van der Waals surface area (Å²) in [6.07, 6.45) is -4.59. The van der Waals surface area contributed by atoms with Crippen LogP contribution in [-0.4, -0.2) is 38.1 Å². The first kappa shape index (κ1) is 16.3. The third kappa shape index (κ3) is 3.84. The number of nitrogens with one attached hydrogen (secondary N) is 1. The van der Waals surface area contributed by atoms with Gasteiger partial charge in [0, 0.05) is 26.3 Å². The van der Waals surface area contributed by atoms with Crippen LogP contribution >= 0.6 is 0 Å². The SMILES string of the molecule is COCCN(C)C(=O)c1ccc(NN)c(C(F)(F)F)c1. The lowest BCUT2D eigenvalue weighted by Crippen LogP contribution is -2.30. The third-order valence-electron chi connectivity index (χ3n) is 2.70. The highest BCUT2D eigenvalue weighted by atomic mass is 19.4. The fourth-order valence-electron chi connectivity index (χ4n) is 1.59. The number of methoxy groups -OCH3 is 1. The van der Waals surface area contributed by atoms with E-state index in [4.69, 9.17) is 10.6 Å². The van der Waals surface area contributed by atoms with Gasteiger partial charge < -0.3 is 15.1 Å². The molecule has 0 aliphatic heterocycles. The van der Waals surface area contributed by atoms with Crippen molar-refractivity contribution >= 4 is 11.6 Å². The summed E-state index contributed by atoms with van der Waals surface area (Å²) in [5.74, 6) is 4.52. The Hall–Kier alpha value is -1.80. The van der Waals surface area contributed by atoms with E-state index in [0.29, 0.717) is 6.61 Å². The first-order valence-electron chi connectivity index (χ1n) is 5.73. The molecule has 1 amide bonds. The van der Waals surface area contributed by atoms with Gasteiger partial charge in [0.2, 0.25) is 0 Å². The van der Waals surface area contributed by atoms with E-state index in [1.54, 1.807) is 0 Å². The number of nitrogen functional groups attached to an aromatic ring is 1. The molecule has 5 nitrogen and oxygen atoms in total. The number of benzene rings is 1. The Kier molecular flexibility index (Phi) is 5.34. The van der Waals surface area contributed by atoms with Crippen molar-refractivity contribution in [1.29, 1.82) is 0 Å². The monoisotopic (exact) mass is 291 g/mol. The molecule has 3 N–H and O–H groups in total. The Morgan fingerprint density at radius 3 is 2.60 bits per heavy atom. The molecule has 8 heteroatoms. The maximum Gasteiger partial charge on any atom is 0.418 e. The number of likely N-dealkylation sites (N-methyl/N-ethyl adjacent to an activating group) is 1. The number of ether oxygens (including phenoxy) is 1. The van der Waals surface area contributed by atoms with Gasteiger partial charge in [-0.1, -0.05) is 0 Å². The second-order valence-corrected chi connectivity index (χ2v) is 4.12. The van der Waals surface area contributed by atoms with Crippen molar-refractivity contribution in [2.75, 3.05) is 32.7 Å². The van der Waals surface area contributed by atoms with E-state index >= 15 is 0 Å². The van der Waals surface area contributed by atoms with Crippen molar-refractivity contribution in [3.63, 3.8) is 0 Å². The molecule has 0 aromatic heterocycles. The first-order chi connectivity index (χ1) is 9.31. The molecule has 1 rings (SSSR count). The quantitative estimate of drug-likeness (QED) is 0.640. The van der Waals surface area contributed by atoms with E-state index in [1.165, 1.54) is 25.1 Å². The van der Waals surface area contributed by atoms with Gasteiger partial charge in [-0.2, -0.15) is 13.2 Å². The first-order valence-corrected chi connectivity index (χ1v) is 5.73. The highest BCUT2D eigenvalue weighted by Gasteiger charge is 2.34.